The standard InChI is InChI=1S/C16H21NO3/c18-16(11-19-10-12-7-8-12)17-14-5-3-9-20-15-6-2-1-4-13(14)15/h1-2,4,6,12,14H,3,5,7-11H2,(H,17,18). The summed E-state index contributed by atoms with van der Waals surface area (Å²) in [7, 11) is 0. The van der Waals surface area contributed by atoms with Crippen LogP contribution in [0.4, 0.5) is 0 Å². The highest BCUT2D eigenvalue weighted by Crippen LogP contribution is 2.31. The van der Waals surface area contributed by atoms with Crippen molar-refractivity contribution in [2.75, 3.05) is 19.8 Å². The smallest absolute Gasteiger partial charge is 0.246 e. The van der Waals surface area contributed by atoms with Crippen molar-refractivity contribution in [3.63, 3.8) is 0 Å². The Kier molecular flexibility index (Phi) is 4.21. The van der Waals surface area contributed by atoms with E-state index in [4.69, 9.17) is 9.47 Å². The summed E-state index contributed by atoms with van der Waals surface area (Å²) >= 11 is 0. The minimum Gasteiger partial charge on any atom is -0.493 e. The number of nitrogens with one attached hydrogen (secondary N) is 1. The van der Waals surface area contributed by atoms with E-state index >= 15 is 0 Å². The van der Waals surface area contributed by atoms with Crippen LogP contribution in [0.1, 0.15) is 37.3 Å². The molecular weight excluding hydrogens is 254 g/mol. The lowest BCUT2D eigenvalue weighted by Crippen LogP contribution is -2.31. The third kappa shape index (κ3) is 3.51. The van der Waals surface area contributed by atoms with Gasteiger partial charge in [0.2, 0.25) is 5.91 Å². The van der Waals surface area contributed by atoms with Crippen molar-refractivity contribution in [3.05, 3.63) is 29.8 Å². The fraction of sp³-hybridized carbons (Fsp3) is 0.562. The van der Waals surface area contributed by atoms with E-state index in [0.29, 0.717) is 12.5 Å². The Morgan fingerprint density at radius 2 is 2.15 bits per heavy atom. The van der Waals surface area contributed by atoms with Crippen LogP contribution in [0.15, 0.2) is 24.3 Å². The highest BCUT2D eigenvalue weighted by atomic mass is 16.5. The van der Waals surface area contributed by atoms with Gasteiger partial charge < -0.3 is 14.8 Å². The predicted octanol–water partition coefficient (Wildman–Crippen LogP) is 2.44. The summed E-state index contributed by atoms with van der Waals surface area (Å²) in [4.78, 5) is 12.0. The summed E-state index contributed by atoms with van der Waals surface area (Å²) in [5.41, 5.74) is 1.07. The zero-order valence-corrected chi connectivity index (χ0v) is 11.6. The van der Waals surface area contributed by atoms with E-state index in [0.717, 1.165) is 30.8 Å². The first-order valence-electron chi connectivity index (χ1n) is 7.42. The van der Waals surface area contributed by atoms with Crippen LogP contribution in [0.2, 0.25) is 0 Å². The molecule has 108 valence electrons. The molecule has 3 rings (SSSR count). The van der Waals surface area contributed by atoms with Gasteiger partial charge in [0.05, 0.1) is 19.3 Å². The number of rotatable bonds is 5. The van der Waals surface area contributed by atoms with Crippen LogP contribution in [-0.2, 0) is 9.53 Å². The highest BCUT2D eigenvalue weighted by Gasteiger charge is 2.23. The van der Waals surface area contributed by atoms with E-state index in [-0.39, 0.29) is 18.6 Å². The number of benzene rings is 1. The Bertz CT molecular complexity index is 471. The lowest BCUT2D eigenvalue weighted by molar-refractivity contribution is -0.126. The number of carbonyl (C=O) groups excluding carboxylic acids is 1. The number of carbonyl (C=O) groups is 1. The average molecular weight is 275 g/mol. The number of ether oxygens (including phenoxy) is 2. The van der Waals surface area contributed by atoms with E-state index in [2.05, 4.69) is 5.32 Å². The molecule has 0 spiro atoms. The molecule has 1 heterocycles. The second-order valence-electron chi connectivity index (χ2n) is 5.61. The van der Waals surface area contributed by atoms with E-state index in [9.17, 15) is 4.79 Å². The second kappa shape index (κ2) is 6.27. The molecule has 4 nitrogen and oxygen atoms in total. The fourth-order valence-corrected chi connectivity index (χ4v) is 2.51. The first-order chi connectivity index (χ1) is 9.83. The molecular formula is C16H21NO3. The molecule has 1 aliphatic carbocycles. The first kappa shape index (κ1) is 13.4. The summed E-state index contributed by atoms with van der Waals surface area (Å²) in [5, 5.41) is 3.07. The number of hydrogen-bond donors (Lipinski definition) is 1. The molecule has 1 aromatic rings. The molecule has 0 aromatic heterocycles. The zero-order chi connectivity index (χ0) is 13.8. The van der Waals surface area contributed by atoms with Crippen molar-refractivity contribution in [3.8, 4) is 5.75 Å². The minimum absolute atomic E-state index is 0.0331. The van der Waals surface area contributed by atoms with Crippen LogP contribution in [0.5, 0.6) is 5.75 Å². The monoisotopic (exact) mass is 275 g/mol. The SMILES string of the molecule is O=C(COCC1CC1)NC1CCCOc2ccccc21. The van der Waals surface area contributed by atoms with Gasteiger partial charge in [-0.25, -0.2) is 0 Å². The third-order valence-corrected chi connectivity index (χ3v) is 3.81. The minimum atomic E-state index is -0.0349. The van der Waals surface area contributed by atoms with Gasteiger partial charge in [0.15, 0.2) is 0 Å². The van der Waals surface area contributed by atoms with Gasteiger partial charge in [-0.1, -0.05) is 18.2 Å². The summed E-state index contributed by atoms with van der Waals surface area (Å²) in [5.74, 6) is 1.54. The number of amides is 1. The van der Waals surface area contributed by atoms with Crippen molar-refractivity contribution < 1.29 is 14.3 Å². The van der Waals surface area contributed by atoms with Crippen LogP contribution in [0, 0.1) is 5.92 Å². The Labute approximate surface area is 119 Å². The molecule has 1 saturated carbocycles. The van der Waals surface area contributed by atoms with Crippen LogP contribution >= 0.6 is 0 Å². The van der Waals surface area contributed by atoms with Gasteiger partial charge >= 0.3 is 0 Å². The molecule has 1 aromatic carbocycles. The number of hydrogen-bond acceptors (Lipinski definition) is 3. The molecule has 2 aliphatic rings. The van der Waals surface area contributed by atoms with Gasteiger partial charge in [-0.05, 0) is 37.7 Å². The molecule has 1 unspecified atom stereocenters. The maximum atomic E-state index is 12.0. The average Bonchev–Trinajstić information content (AvgIpc) is 3.27. The molecule has 0 radical (unpaired) electrons. The van der Waals surface area contributed by atoms with E-state index < -0.39 is 0 Å². The van der Waals surface area contributed by atoms with Gasteiger partial charge in [-0.15, -0.1) is 0 Å². The van der Waals surface area contributed by atoms with E-state index in [1.54, 1.807) is 0 Å². The first-order valence-corrected chi connectivity index (χ1v) is 7.42. The molecule has 1 fully saturated rings. The lowest BCUT2D eigenvalue weighted by atomic mass is 10.0. The molecule has 1 aliphatic heterocycles. The van der Waals surface area contributed by atoms with Crippen LogP contribution in [0.3, 0.4) is 0 Å². The predicted molar refractivity (Wildman–Crippen MR) is 75.6 cm³/mol. The van der Waals surface area contributed by atoms with Crippen LogP contribution < -0.4 is 10.1 Å². The number of para-hydroxylation sites is 1. The normalized spacial score (nSPS) is 21.5. The van der Waals surface area contributed by atoms with E-state index in [1.807, 2.05) is 24.3 Å². The molecule has 1 N–H and O–H groups in total. The maximum absolute atomic E-state index is 12.0. The third-order valence-electron chi connectivity index (χ3n) is 3.81. The van der Waals surface area contributed by atoms with Crippen LogP contribution in [-0.4, -0.2) is 25.7 Å². The zero-order valence-electron chi connectivity index (χ0n) is 11.6. The summed E-state index contributed by atoms with van der Waals surface area (Å²) in [6, 6.07) is 7.96. The van der Waals surface area contributed by atoms with Crippen molar-refractivity contribution >= 4 is 5.91 Å². The molecule has 1 atom stereocenters. The van der Waals surface area contributed by atoms with Crippen LogP contribution in [0.25, 0.3) is 0 Å². The van der Waals surface area contributed by atoms with E-state index in [1.165, 1.54) is 12.8 Å². The van der Waals surface area contributed by atoms with Crippen molar-refractivity contribution in [2.24, 2.45) is 5.92 Å². The molecule has 0 bridgehead atoms. The van der Waals surface area contributed by atoms with Gasteiger partial charge in [-0.2, -0.15) is 0 Å². The molecule has 20 heavy (non-hydrogen) atoms. The summed E-state index contributed by atoms with van der Waals surface area (Å²) in [6.45, 7) is 1.59. The fourth-order valence-electron chi connectivity index (χ4n) is 2.51. The largest absolute Gasteiger partial charge is 0.493 e. The van der Waals surface area contributed by atoms with Crippen molar-refractivity contribution in [1.29, 1.82) is 0 Å². The second-order valence-corrected chi connectivity index (χ2v) is 5.61. The highest BCUT2D eigenvalue weighted by molar-refractivity contribution is 5.77. The lowest BCUT2D eigenvalue weighted by Gasteiger charge is -2.18. The Morgan fingerprint density at radius 1 is 1.30 bits per heavy atom. The van der Waals surface area contributed by atoms with Gasteiger partial charge in [0.25, 0.3) is 0 Å². The van der Waals surface area contributed by atoms with Gasteiger partial charge in [0.1, 0.15) is 12.4 Å². The topological polar surface area (TPSA) is 47.6 Å². The number of fused-ring (bicyclic) bond motifs is 1. The summed E-state index contributed by atoms with van der Waals surface area (Å²) < 4.78 is 11.1. The summed E-state index contributed by atoms with van der Waals surface area (Å²) in [6.07, 6.45) is 4.35. The maximum Gasteiger partial charge on any atom is 0.246 e. The molecule has 0 saturated heterocycles. The van der Waals surface area contributed by atoms with Gasteiger partial charge in [-0.3, -0.25) is 4.79 Å². The Morgan fingerprint density at radius 3 is 3.00 bits per heavy atom. The molecule has 1 amide bonds. The Hall–Kier alpha value is -1.55. The molecule has 4 heteroatoms. The van der Waals surface area contributed by atoms with Crippen molar-refractivity contribution in [1.82, 2.24) is 5.32 Å². The van der Waals surface area contributed by atoms with Crippen molar-refractivity contribution in [2.45, 2.75) is 31.7 Å². The quantitative estimate of drug-likeness (QED) is 0.898. The van der Waals surface area contributed by atoms with Gasteiger partial charge in [0, 0.05) is 5.56 Å². The Balaban J connectivity index is 1.56.